The summed E-state index contributed by atoms with van der Waals surface area (Å²) in [6.07, 6.45) is 1.32. The normalized spacial score (nSPS) is 25.5. The summed E-state index contributed by atoms with van der Waals surface area (Å²) < 4.78 is 5.26. The van der Waals surface area contributed by atoms with E-state index in [-0.39, 0.29) is 18.1 Å². The minimum Gasteiger partial charge on any atom is -0.479 e. The molecule has 0 radical (unpaired) electrons. The number of hydrogen-bond donors (Lipinski definition) is 3. The van der Waals surface area contributed by atoms with Crippen molar-refractivity contribution in [3.8, 4) is 0 Å². The van der Waals surface area contributed by atoms with Crippen molar-refractivity contribution in [2.24, 2.45) is 5.73 Å². The molecule has 1 fully saturated rings. The monoisotopic (exact) mass is 244 g/mol. The number of amides is 1. The van der Waals surface area contributed by atoms with Crippen LogP contribution in [0.4, 0.5) is 0 Å². The molecule has 6 heteroatoms. The van der Waals surface area contributed by atoms with Crippen molar-refractivity contribution in [3.63, 3.8) is 0 Å². The lowest BCUT2D eigenvalue weighted by Crippen LogP contribution is -2.33. The molecule has 0 aromatic carbocycles. The first-order chi connectivity index (χ1) is 7.99. The highest BCUT2D eigenvalue weighted by Gasteiger charge is 2.30. The van der Waals surface area contributed by atoms with E-state index in [1.165, 1.54) is 0 Å². The van der Waals surface area contributed by atoms with E-state index in [4.69, 9.17) is 15.6 Å². The third kappa shape index (κ3) is 5.14. The zero-order valence-electron chi connectivity index (χ0n) is 10.0. The van der Waals surface area contributed by atoms with Gasteiger partial charge in [-0.3, -0.25) is 4.79 Å². The molecule has 6 nitrogen and oxygen atoms in total. The molecule has 1 amide bonds. The lowest BCUT2D eigenvalue weighted by atomic mass is 10.2. The van der Waals surface area contributed by atoms with E-state index >= 15 is 0 Å². The van der Waals surface area contributed by atoms with Gasteiger partial charge in [-0.2, -0.15) is 0 Å². The largest absolute Gasteiger partial charge is 0.479 e. The van der Waals surface area contributed by atoms with Gasteiger partial charge in [0.15, 0.2) is 6.10 Å². The molecule has 0 saturated carbocycles. The molecule has 0 spiro atoms. The molecule has 0 aromatic rings. The lowest BCUT2D eigenvalue weighted by Gasteiger charge is -2.12. The van der Waals surface area contributed by atoms with Crippen LogP contribution in [-0.2, 0) is 14.3 Å². The van der Waals surface area contributed by atoms with Crippen LogP contribution in [0.5, 0.6) is 0 Å². The second-order valence-corrected chi connectivity index (χ2v) is 4.48. The Morgan fingerprint density at radius 2 is 2.24 bits per heavy atom. The van der Waals surface area contributed by atoms with Crippen LogP contribution in [0, 0.1) is 0 Å². The maximum absolute atomic E-state index is 11.4. The standard InChI is InChI=1S/C11H20N2O4/c1-7(12)2-5-10(14)13-6-8-3-4-9(17-8)11(15)16/h7-9H,2-6,12H2,1H3,(H,13,14)(H,15,16). The van der Waals surface area contributed by atoms with E-state index in [0.717, 1.165) is 0 Å². The van der Waals surface area contributed by atoms with E-state index in [1.54, 1.807) is 0 Å². The van der Waals surface area contributed by atoms with Gasteiger partial charge in [0.1, 0.15) is 0 Å². The molecule has 1 heterocycles. The fourth-order valence-electron chi connectivity index (χ4n) is 1.71. The molecular weight excluding hydrogens is 224 g/mol. The number of carboxylic acids is 1. The Morgan fingerprint density at radius 3 is 2.76 bits per heavy atom. The molecule has 0 aliphatic carbocycles. The average molecular weight is 244 g/mol. The summed E-state index contributed by atoms with van der Waals surface area (Å²) in [6, 6.07) is 0.0138. The molecule has 17 heavy (non-hydrogen) atoms. The van der Waals surface area contributed by atoms with Gasteiger partial charge in [0, 0.05) is 19.0 Å². The summed E-state index contributed by atoms with van der Waals surface area (Å²) >= 11 is 0. The molecule has 1 rings (SSSR count). The highest BCUT2D eigenvalue weighted by molar-refractivity contribution is 5.76. The number of nitrogens with one attached hydrogen (secondary N) is 1. The van der Waals surface area contributed by atoms with Crippen molar-refractivity contribution in [2.45, 2.75) is 50.9 Å². The number of carboxylic acid groups (broad SMARTS) is 1. The van der Waals surface area contributed by atoms with Crippen molar-refractivity contribution in [1.29, 1.82) is 0 Å². The Bertz CT molecular complexity index is 281. The third-order valence-electron chi connectivity index (χ3n) is 2.74. The number of rotatable bonds is 6. The molecule has 4 N–H and O–H groups in total. The van der Waals surface area contributed by atoms with Gasteiger partial charge in [-0.25, -0.2) is 4.79 Å². The van der Waals surface area contributed by atoms with Crippen LogP contribution >= 0.6 is 0 Å². The second-order valence-electron chi connectivity index (χ2n) is 4.48. The van der Waals surface area contributed by atoms with Gasteiger partial charge in [0.2, 0.25) is 5.91 Å². The van der Waals surface area contributed by atoms with Crippen molar-refractivity contribution in [3.05, 3.63) is 0 Å². The van der Waals surface area contributed by atoms with Gasteiger partial charge in [-0.1, -0.05) is 0 Å². The highest BCUT2D eigenvalue weighted by Crippen LogP contribution is 2.19. The highest BCUT2D eigenvalue weighted by atomic mass is 16.5. The van der Waals surface area contributed by atoms with Crippen LogP contribution in [0.1, 0.15) is 32.6 Å². The lowest BCUT2D eigenvalue weighted by molar-refractivity contribution is -0.149. The summed E-state index contributed by atoms with van der Waals surface area (Å²) in [5, 5.41) is 11.5. The van der Waals surface area contributed by atoms with E-state index in [1.807, 2.05) is 6.92 Å². The van der Waals surface area contributed by atoms with Crippen molar-refractivity contribution in [2.75, 3.05) is 6.54 Å². The van der Waals surface area contributed by atoms with Crippen LogP contribution in [0.15, 0.2) is 0 Å². The van der Waals surface area contributed by atoms with E-state index in [9.17, 15) is 9.59 Å². The number of carbonyl (C=O) groups is 2. The molecule has 1 aliphatic rings. The summed E-state index contributed by atoms with van der Waals surface area (Å²) in [7, 11) is 0. The first-order valence-electron chi connectivity index (χ1n) is 5.89. The van der Waals surface area contributed by atoms with E-state index in [2.05, 4.69) is 5.32 Å². The van der Waals surface area contributed by atoms with Crippen LogP contribution in [-0.4, -0.2) is 41.8 Å². The SMILES string of the molecule is CC(N)CCC(=O)NCC1CCC(C(=O)O)O1. The van der Waals surface area contributed by atoms with Crippen molar-refractivity contribution >= 4 is 11.9 Å². The Labute approximate surface area is 101 Å². The van der Waals surface area contributed by atoms with Gasteiger partial charge < -0.3 is 20.9 Å². The molecular formula is C11H20N2O4. The van der Waals surface area contributed by atoms with Crippen LogP contribution in [0.2, 0.25) is 0 Å². The summed E-state index contributed by atoms with van der Waals surface area (Å²) in [4.78, 5) is 22.0. The summed E-state index contributed by atoms with van der Waals surface area (Å²) in [5.41, 5.74) is 5.54. The van der Waals surface area contributed by atoms with Crippen molar-refractivity contribution < 1.29 is 19.4 Å². The Kier molecular flexibility index (Phi) is 5.37. The molecule has 0 bridgehead atoms. The van der Waals surface area contributed by atoms with E-state index in [0.29, 0.717) is 32.2 Å². The fourth-order valence-corrected chi connectivity index (χ4v) is 1.71. The zero-order valence-corrected chi connectivity index (χ0v) is 10.0. The average Bonchev–Trinajstić information content (AvgIpc) is 2.72. The van der Waals surface area contributed by atoms with Gasteiger partial charge in [-0.05, 0) is 26.2 Å². The number of aliphatic carboxylic acids is 1. The first-order valence-corrected chi connectivity index (χ1v) is 5.89. The van der Waals surface area contributed by atoms with Crippen LogP contribution < -0.4 is 11.1 Å². The number of hydrogen-bond acceptors (Lipinski definition) is 4. The molecule has 3 unspecified atom stereocenters. The van der Waals surface area contributed by atoms with Crippen LogP contribution in [0.25, 0.3) is 0 Å². The molecule has 0 aromatic heterocycles. The molecule has 1 saturated heterocycles. The third-order valence-corrected chi connectivity index (χ3v) is 2.74. The Hall–Kier alpha value is -1.14. The quantitative estimate of drug-likeness (QED) is 0.603. The smallest absolute Gasteiger partial charge is 0.332 e. The molecule has 3 atom stereocenters. The predicted molar refractivity (Wildman–Crippen MR) is 61.4 cm³/mol. The topological polar surface area (TPSA) is 102 Å². The Balaban J connectivity index is 2.15. The number of ether oxygens (including phenoxy) is 1. The molecule has 1 aliphatic heterocycles. The minimum absolute atomic E-state index is 0.0138. The maximum atomic E-state index is 11.4. The fraction of sp³-hybridized carbons (Fsp3) is 0.818. The van der Waals surface area contributed by atoms with Gasteiger partial charge in [0.25, 0.3) is 0 Å². The van der Waals surface area contributed by atoms with Gasteiger partial charge in [0.05, 0.1) is 6.10 Å². The minimum atomic E-state index is -0.934. The van der Waals surface area contributed by atoms with Crippen molar-refractivity contribution in [1.82, 2.24) is 5.32 Å². The van der Waals surface area contributed by atoms with Crippen LogP contribution in [0.3, 0.4) is 0 Å². The van der Waals surface area contributed by atoms with E-state index < -0.39 is 12.1 Å². The predicted octanol–water partition coefficient (Wildman–Crippen LogP) is -0.138. The van der Waals surface area contributed by atoms with Gasteiger partial charge in [-0.15, -0.1) is 0 Å². The number of nitrogens with two attached hydrogens (primary N) is 1. The zero-order chi connectivity index (χ0) is 12.8. The summed E-state index contributed by atoms with van der Waals surface area (Å²) in [6.45, 7) is 2.23. The Morgan fingerprint density at radius 1 is 1.53 bits per heavy atom. The van der Waals surface area contributed by atoms with Gasteiger partial charge >= 0.3 is 5.97 Å². The second kappa shape index (κ2) is 6.56. The number of carbonyl (C=O) groups excluding carboxylic acids is 1. The molecule has 98 valence electrons. The maximum Gasteiger partial charge on any atom is 0.332 e. The summed E-state index contributed by atoms with van der Waals surface area (Å²) in [5.74, 6) is -1.000. The first kappa shape index (κ1) is 13.9.